The monoisotopic (exact) mass is 411 g/mol. The minimum absolute atomic E-state index is 0.195. The first-order chi connectivity index (χ1) is 14.2. The van der Waals surface area contributed by atoms with Crippen molar-refractivity contribution < 1.29 is 33.1 Å². The summed E-state index contributed by atoms with van der Waals surface area (Å²) in [6.45, 7) is 7.75. The van der Waals surface area contributed by atoms with Crippen LogP contribution in [0.3, 0.4) is 0 Å². The van der Waals surface area contributed by atoms with E-state index in [9.17, 15) is 9.59 Å². The molecule has 8 heteroatoms. The summed E-state index contributed by atoms with van der Waals surface area (Å²) < 4.78 is 24.7. The Morgan fingerprint density at radius 2 is 1.79 bits per heavy atom. The zero-order valence-electron chi connectivity index (χ0n) is 17.6. The van der Waals surface area contributed by atoms with Crippen LogP contribution in [0.15, 0.2) is 31.4 Å². The van der Waals surface area contributed by atoms with Gasteiger partial charge in [-0.25, -0.2) is 13.9 Å². The Bertz CT molecular complexity index is 587. The summed E-state index contributed by atoms with van der Waals surface area (Å²) >= 11 is 0. The van der Waals surface area contributed by atoms with Gasteiger partial charge in [-0.1, -0.05) is 6.58 Å². The molecule has 0 fully saturated rings. The second-order valence-electron chi connectivity index (χ2n) is 6.60. The molecule has 0 unspecified atom stereocenters. The van der Waals surface area contributed by atoms with E-state index < -0.39 is 5.97 Å². The highest BCUT2D eigenvalue weighted by Crippen LogP contribution is 2.01. The smallest absolute Gasteiger partial charge is 0.330 e. The Hall–Kier alpha value is -2.19. The predicted octanol–water partition coefficient (Wildman–Crippen LogP) is 2.05. The molecular formula is C21H35N2O6+. The Morgan fingerprint density at radius 1 is 1.00 bits per heavy atom. The maximum Gasteiger partial charge on any atom is 0.330 e. The topological polar surface area (TPSA) is 79.9 Å². The van der Waals surface area contributed by atoms with E-state index in [0.29, 0.717) is 52.3 Å². The number of rotatable bonds is 18. The minimum Gasteiger partial charge on any atom is -0.466 e. The maximum atomic E-state index is 11.6. The van der Waals surface area contributed by atoms with Crippen molar-refractivity contribution in [3.8, 4) is 0 Å². The molecule has 164 valence electrons. The zero-order chi connectivity index (χ0) is 21.2. The van der Waals surface area contributed by atoms with Gasteiger partial charge < -0.3 is 18.9 Å². The van der Waals surface area contributed by atoms with Crippen LogP contribution >= 0.6 is 0 Å². The fourth-order valence-corrected chi connectivity index (χ4v) is 2.55. The molecule has 29 heavy (non-hydrogen) atoms. The second kappa shape index (κ2) is 16.7. The van der Waals surface area contributed by atoms with Crippen LogP contribution in [-0.2, 0) is 41.6 Å². The van der Waals surface area contributed by atoms with E-state index in [-0.39, 0.29) is 5.97 Å². The van der Waals surface area contributed by atoms with Gasteiger partial charge in [0.05, 0.1) is 39.6 Å². The van der Waals surface area contributed by atoms with Gasteiger partial charge in [0.15, 0.2) is 0 Å². The Balaban J connectivity index is 1.95. The maximum absolute atomic E-state index is 11.6. The summed E-state index contributed by atoms with van der Waals surface area (Å²) in [6, 6.07) is 0. The molecule has 1 heterocycles. The van der Waals surface area contributed by atoms with Gasteiger partial charge in [-0.05, 0) is 32.1 Å². The molecule has 0 aliphatic carbocycles. The number of nitrogens with zero attached hydrogens (tertiary/aromatic N) is 2. The number of aryl methyl sites for hydroxylation is 1. The largest absolute Gasteiger partial charge is 0.466 e. The third-order valence-corrected chi connectivity index (χ3v) is 4.18. The molecule has 1 aromatic heterocycles. The number of aromatic nitrogens is 2. The number of hydrogen-bond acceptors (Lipinski definition) is 6. The number of unbranched alkanes of at least 4 members (excludes halogenated alkanes) is 3. The standard InChI is InChI=1S/C21H35N2O6/c1-3-20(24)28-15-8-5-9-21(25)29-14-7-4-6-10-22-11-12-23(19-22)13-16-27-18-17-26-2/h3,11-12,19H,1,4-10,13-18H2,2H3/q+1. The van der Waals surface area contributed by atoms with Crippen molar-refractivity contribution in [2.45, 2.75) is 51.6 Å². The number of carbonyl (C=O) groups is 2. The van der Waals surface area contributed by atoms with Gasteiger partial charge >= 0.3 is 11.9 Å². The lowest BCUT2D eigenvalue weighted by Crippen LogP contribution is -2.31. The van der Waals surface area contributed by atoms with Crippen LogP contribution in [0.1, 0.15) is 38.5 Å². The summed E-state index contributed by atoms with van der Waals surface area (Å²) in [5.41, 5.74) is 0. The third-order valence-electron chi connectivity index (χ3n) is 4.18. The normalized spacial score (nSPS) is 10.7. The Labute approximate surface area is 173 Å². The van der Waals surface area contributed by atoms with Crippen molar-refractivity contribution >= 4 is 11.9 Å². The number of methoxy groups -OCH3 is 1. The average Bonchev–Trinajstić information content (AvgIpc) is 3.17. The molecule has 0 aliphatic rings. The highest BCUT2D eigenvalue weighted by atomic mass is 16.5. The molecule has 1 rings (SSSR count). The molecule has 0 aromatic carbocycles. The van der Waals surface area contributed by atoms with Crippen LogP contribution in [-0.4, -0.2) is 56.6 Å². The van der Waals surface area contributed by atoms with Gasteiger partial charge in [0.1, 0.15) is 18.9 Å². The van der Waals surface area contributed by atoms with Crippen LogP contribution in [0.5, 0.6) is 0 Å². The number of carbonyl (C=O) groups excluding carboxylic acids is 2. The molecule has 0 spiro atoms. The molecule has 0 saturated heterocycles. The van der Waals surface area contributed by atoms with Crippen LogP contribution in [0.25, 0.3) is 0 Å². The van der Waals surface area contributed by atoms with E-state index >= 15 is 0 Å². The SMILES string of the molecule is C=CC(=O)OCCCCC(=O)OCCCCC[n+]1ccn(CCOCCOC)c1. The lowest BCUT2D eigenvalue weighted by molar-refractivity contribution is -0.696. The molecule has 8 nitrogen and oxygen atoms in total. The quantitative estimate of drug-likeness (QED) is 0.159. The fraction of sp³-hybridized carbons (Fsp3) is 0.667. The molecule has 0 radical (unpaired) electrons. The number of ether oxygens (including phenoxy) is 4. The third kappa shape index (κ3) is 13.6. The van der Waals surface area contributed by atoms with Crippen LogP contribution in [0.2, 0.25) is 0 Å². The first kappa shape index (κ1) is 24.8. The molecule has 0 N–H and O–H groups in total. The van der Waals surface area contributed by atoms with E-state index in [4.69, 9.17) is 18.9 Å². The van der Waals surface area contributed by atoms with E-state index in [1.54, 1.807) is 7.11 Å². The first-order valence-electron chi connectivity index (χ1n) is 10.2. The molecule has 0 amide bonds. The summed E-state index contributed by atoms with van der Waals surface area (Å²) in [4.78, 5) is 22.5. The lowest BCUT2D eigenvalue weighted by atomic mass is 10.2. The Kier molecular flexibility index (Phi) is 14.3. The predicted molar refractivity (Wildman–Crippen MR) is 107 cm³/mol. The van der Waals surface area contributed by atoms with Gasteiger partial charge in [-0.15, -0.1) is 0 Å². The van der Waals surface area contributed by atoms with Crippen LogP contribution in [0, 0.1) is 0 Å². The fourth-order valence-electron chi connectivity index (χ4n) is 2.55. The van der Waals surface area contributed by atoms with Crippen molar-refractivity contribution in [3.05, 3.63) is 31.4 Å². The van der Waals surface area contributed by atoms with Crippen molar-refractivity contribution in [2.75, 3.05) is 40.1 Å². The minimum atomic E-state index is -0.436. The molecule has 0 bridgehead atoms. The average molecular weight is 412 g/mol. The van der Waals surface area contributed by atoms with Gasteiger partial charge in [0, 0.05) is 19.6 Å². The van der Waals surface area contributed by atoms with Crippen molar-refractivity contribution in [2.24, 2.45) is 0 Å². The van der Waals surface area contributed by atoms with Crippen LogP contribution in [0.4, 0.5) is 0 Å². The molecule has 1 aromatic rings. The number of hydrogen-bond donors (Lipinski definition) is 0. The number of imidazole rings is 1. The van der Waals surface area contributed by atoms with Gasteiger partial charge in [-0.2, -0.15) is 0 Å². The van der Waals surface area contributed by atoms with Gasteiger partial charge in [-0.3, -0.25) is 4.79 Å². The lowest BCUT2D eigenvalue weighted by Gasteiger charge is -2.05. The van der Waals surface area contributed by atoms with E-state index in [2.05, 4.69) is 28.2 Å². The highest BCUT2D eigenvalue weighted by Gasteiger charge is 2.05. The van der Waals surface area contributed by atoms with Crippen molar-refractivity contribution in [3.63, 3.8) is 0 Å². The summed E-state index contributed by atoms with van der Waals surface area (Å²) in [7, 11) is 1.66. The molecule has 0 atom stereocenters. The Morgan fingerprint density at radius 3 is 2.59 bits per heavy atom. The second-order valence-corrected chi connectivity index (χ2v) is 6.60. The molecule has 0 aliphatic heterocycles. The van der Waals surface area contributed by atoms with E-state index in [0.717, 1.165) is 38.4 Å². The van der Waals surface area contributed by atoms with Crippen molar-refractivity contribution in [1.82, 2.24) is 4.57 Å². The highest BCUT2D eigenvalue weighted by molar-refractivity contribution is 5.81. The number of esters is 2. The van der Waals surface area contributed by atoms with Crippen LogP contribution < -0.4 is 4.57 Å². The summed E-state index contributed by atoms with van der Waals surface area (Å²) in [6.07, 6.45) is 11.8. The van der Waals surface area contributed by atoms with E-state index in [1.807, 2.05) is 6.20 Å². The summed E-state index contributed by atoms with van der Waals surface area (Å²) in [5.74, 6) is -0.631. The van der Waals surface area contributed by atoms with E-state index in [1.165, 1.54) is 0 Å². The van der Waals surface area contributed by atoms with Crippen molar-refractivity contribution in [1.29, 1.82) is 0 Å². The first-order valence-corrected chi connectivity index (χ1v) is 10.2. The zero-order valence-corrected chi connectivity index (χ0v) is 17.6. The molecule has 0 saturated carbocycles. The van der Waals surface area contributed by atoms with Gasteiger partial charge in [0.25, 0.3) is 0 Å². The summed E-state index contributed by atoms with van der Waals surface area (Å²) in [5, 5.41) is 0. The van der Waals surface area contributed by atoms with Gasteiger partial charge in [0.2, 0.25) is 6.33 Å². The molecular weight excluding hydrogens is 376 g/mol.